The van der Waals surface area contributed by atoms with E-state index in [1.807, 2.05) is 0 Å². The van der Waals surface area contributed by atoms with Crippen LogP contribution in [0.25, 0.3) is 0 Å². The van der Waals surface area contributed by atoms with E-state index in [-0.39, 0.29) is 6.61 Å². The Morgan fingerprint density at radius 1 is 1.35 bits per heavy atom. The molecule has 1 aromatic carbocycles. The molecule has 0 aliphatic carbocycles. The molecule has 1 N–H and O–H groups in total. The summed E-state index contributed by atoms with van der Waals surface area (Å²) in [6.07, 6.45) is 2.57. The van der Waals surface area contributed by atoms with Gasteiger partial charge in [0.1, 0.15) is 0 Å². The zero-order valence-electron chi connectivity index (χ0n) is 11.1. The molecule has 2 rings (SSSR count). The second kappa shape index (κ2) is 5.09. The van der Waals surface area contributed by atoms with E-state index in [2.05, 4.69) is 43.9 Å². The van der Waals surface area contributed by atoms with Gasteiger partial charge in [0, 0.05) is 23.8 Å². The van der Waals surface area contributed by atoms with Gasteiger partial charge < -0.3 is 10.0 Å². The highest BCUT2D eigenvalue weighted by atomic mass is 16.3. The van der Waals surface area contributed by atoms with Gasteiger partial charge in [0.25, 0.3) is 0 Å². The van der Waals surface area contributed by atoms with Gasteiger partial charge in [-0.2, -0.15) is 0 Å². The minimum atomic E-state index is 0.134. The molecule has 0 spiro atoms. The van der Waals surface area contributed by atoms with Crippen molar-refractivity contribution >= 4 is 5.69 Å². The first kappa shape index (κ1) is 12.4. The van der Waals surface area contributed by atoms with E-state index in [4.69, 9.17) is 0 Å². The van der Waals surface area contributed by atoms with Crippen molar-refractivity contribution in [3.8, 4) is 0 Å². The van der Waals surface area contributed by atoms with Crippen molar-refractivity contribution in [1.82, 2.24) is 0 Å². The zero-order valence-corrected chi connectivity index (χ0v) is 11.1. The maximum atomic E-state index is 9.50. The lowest BCUT2D eigenvalue weighted by molar-refractivity contribution is 0.280. The van der Waals surface area contributed by atoms with E-state index in [1.54, 1.807) is 0 Å². The average molecular weight is 233 g/mol. The molecule has 2 nitrogen and oxygen atoms in total. The molecule has 17 heavy (non-hydrogen) atoms. The summed E-state index contributed by atoms with van der Waals surface area (Å²) < 4.78 is 0. The van der Waals surface area contributed by atoms with E-state index in [1.165, 1.54) is 24.1 Å². The predicted octanol–water partition coefficient (Wildman–Crippen LogP) is 3.11. The van der Waals surface area contributed by atoms with Crippen LogP contribution in [0.3, 0.4) is 0 Å². The summed E-state index contributed by atoms with van der Waals surface area (Å²) in [4.78, 5) is 2.46. The Labute approximate surface area is 104 Å². The van der Waals surface area contributed by atoms with Gasteiger partial charge >= 0.3 is 0 Å². The molecule has 94 valence electrons. The van der Waals surface area contributed by atoms with E-state index >= 15 is 0 Å². The molecule has 2 unspecified atom stereocenters. The lowest BCUT2D eigenvalue weighted by Gasteiger charge is -2.40. The summed E-state index contributed by atoms with van der Waals surface area (Å²) in [6, 6.07) is 6.97. The van der Waals surface area contributed by atoms with Crippen molar-refractivity contribution in [2.75, 3.05) is 11.4 Å². The van der Waals surface area contributed by atoms with Crippen LogP contribution in [0.5, 0.6) is 0 Å². The lowest BCUT2D eigenvalue weighted by atomic mass is 9.91. The van der Waals surface area contributed by atoms with Gasteiger partial charge in [0.2, 0.25) is 0 Å². The minimum absolute atomic E-state index is 0.134. The Morgan fingerprint density at radius 2 is 2.12 bits per heavy atom. The topological polar surface area (TPSA) is 23.5 Å². The predicted molar refractivity (Wildman–Crippen MR) is 72.3 cm³/mol. The first-order valence-electron chi connectivity index (χ1n) is 6.60. The molecule has 1 aliphatic heterocycles. The SMILES string of the molecule is Cc1ccc(N2CCCC(C)C2C)c(CO)c1. The minimum Gasteiger partial charge on any atom is -0.392 e. The molecule has 0 aromatic heterocycles. The number of anilines is 1. The first-order valence-corrected chi connectivity index (χ1v) is 6.60. The van der Waals surface area contributed by atoms with Crippen LogP contribution >= 0.6 is 0 Å². The maximum absolute atomic E-state index is 9.50. The van der Waals surface area contributed by atoms with Gasteiger partial charge in [-0.05, 0) is 38.7 Å². The van der Waals surface area contributed by atoms with Crippen LogP contribution in [0, 0.1) is 12.8 Å². The second-order valence-electron chi connectivity index (χ2n) is 5.34. The molecule has 0 radical (unpaired) electrons. The van der Waals surface area contributed by atoms with Crippen molar-refractivity contribution in [2.45, 2.75) is 46.3 Å². The third kappa shape index (κ3) is 2.47. The molecule has 1 saturated heterocycles. The van der Waals surface area contributed by atoms with Crippen LogP contribution in [0.4, 0.5) is 5.69 Å². The van der Waals surface area contributed by atoms with Crippen LogP contribution in [0.1, 0.15) is 37.8 Å². The number of rotatable bonds is 2. The molecule has 0 bridgehead atoms. The van der Waals surface area contributed by atoms with Gasteiger partial charge in [0.15, 0.2) is 0 Å². The third-order valence-corrected chi connectivity index (χ3v) is 4.09. The monoisotopic (exact) mass is 233 g/mol. The summed E-state index contributed by atoms with van der Waals surface area (Å²) in [5, 5.41) is 9.50. The van der Waals surface area contributed by atoms with Crippen LogP contribution in [-0.4, -0.2) is 17.7 Å². The molecular weight excluding hydrogens is 210 g/mol. The normalized spacial score (nSPS) is 25.1. The molecule has 1 aliphatic rings. The van der Waals surface area contributed by atoms with Gasteiger partial charge in [-0.15, -0.1) is 0 Å². The number of aliphatic hydroxyl groups excluding tert-OH is 1. The van der Waals surface area contributed by atoms with E-state index in [9.17, 15) is 5.11 Å². The molecule has 2 heteroatoms. The number of piperidine rings is 1. The van der Waals surface area contributed by atoms with Gasteiger partial charge in [-0.1, -0.05) is 24.6 Å². The van der Waals surface area contributed by atoms with Gasteiger partial charge in [0.05, 0.1) is 6.61 Å². The Balaban J connectivity index is 2.32. The highest BCUT2D eigenvalue weighted by molar-refractivity contribution is 5.55. The molecule has 0 amide bonds. The second-order valence-corrected chi connectivity index (χ2v) is 5.34. The summed E-state index contributed by atoms with van der Waals surface area (Å²) in [5.74, 6) is 0.733. The smallest absolute Gasteiger partial charge is 0.0702 e. The molecule has 0 saturated carbocycles. The number of aliphatic hydroxyl groups is 1. The number of aryl methyl sites for hydroxylation is 1. The fraction of sp³-hybridized carbons (Fsp3) is 0.600. The number of hydrogen-bond acceptors (Lipinski definition) is 2. The van der Waals surface area contributed by atoms with E-state index < -0.39 is 0 Å². The Kier molecular flexibility index (Phi) is 3.72. The largest absolute Gasteiger partial charge is 0.392 e. The van der Waals surface area contributed by atoms with Crippen LogP contribution in [0.2, 0.25) is 0 Å². The van der Waals surface area contributed by atoms with Crippen LogP contribution in [0.15, 0.2) is 18.2 Å². The number of benzene rings is 1. The van der Waals surface area contributed by atoms with E-state index in [0.29, 0.717) is 6.04 Å². The maximum Gasteiger partial charge on any atom is 0.0702 e. The Morgan fingerprint density at radius 3 is 2.82 bits per heavy atom. The Hall–Kier alpha value is -1.02. The quantitative estimate of drug-likeness (QED) is 0.848. The highest BCUT2D eigenvalue weighted by Crippen LogP contribution is 2.31. The Bertz CT molecular complexity index is 389. The fourth-order valence-electron chi connectivity index (χ4n) is 2.80. The summed E-state index contributed by atoms with van der Waals surface area (Å²) in [6.45, 7) is 7.94. The molecule has 1 heterocycles. The number of nitrogens with zero attached hydrogens (tertiary/aromatic N) is 1. The van der Waals surface area contributed by atoms with Gasteiger partial charge in [-0.3, -0.25) is 0 Å². The first-order chi connectivity index (χ1) is 8.13. The summed E-state index contributed by atoms with van der Waals surface area (Å²) in [7, 11) is 0. The number of hydrogen-bond donors (Lipinski definition) is 1. The molecule has 1 aromatic rings. The molecule has 2 atom stereocenters. The van der Waals surface area contributed by atoms with Gasteiger partial charge in [-0.25, -0.2) is 0 Å². The lowest BCUT2D eigenvalue weighted by Crippen LogP contribution is -2.42. The van der Waals surface area contributed by atoms with Crippen molar-refractivity contribution in [1.29, 1.82) is 0 Å². The molecule has 1 fully saturated rings. The average Bonchev–Trinajstić information content (AvgIpc) is 2.33. The third-order valence-electron chi connectivity index (χ3n) is 4.09. The van der Waals surface area contributed by atoms with Crippen LogP contribution in [-0.2, 0) is 6.61 Å². The zero-order chi connectivity index (χ0) is 12.4. The highest BCUT2D eigenvalue weighted by Gasteiger charge is 2.25. The van der Waals surface area contributed by atoms with Crippen molar-refractivity contribution in [3.05, 3.63) is 29.3 Å². The molecular formula is C15H23NO. The fourth-order valence-corrected chi connectivity index (χ4v) is 2.80. The van der Waals surface area contributed by atoms with Crippen molar-refractivity contribution in [3.63, 3.8) is 0 Å². The van der Waals surface area contributed by atoms with Crippen molar-refractivity contribution < 1.29 is 5.11 Å². The standard InChI is InChI=1S/C15H23NO/c1-11-6-7-15(14(9-11)10-17)16-8-4-5-12(2)13(16)3/h6-7,9,12-13,17H,4-5,8,10H2,1-3H3. The van der Waals surface area contributed by atoms with Crippen molar-refractivity contribution in [2.24, 2.45) is 5.92 Å². The summed E-state index contributed by atoms with van der Waals surface area (Å²) in [5.41, 5.74) is 3.50. The van der Waals surface area contributed by atoms with E-state index in [0.717, 1.165) is 18.0 Å². The van der Waals surface area contributed by atoms with Crippen LogP contribution < -0.4 is 4.90 Å². The summed E-state index contributed by atoms with van der Waals surface area (Å²) >= 11 is 0.